The van der Waals surface area contributed by atoms with Crippen molar-refractivity contribution in [2.24, 2.45) is 0 Å². The van der Waals surface area contributed by atoms with Gasteiger partial charge in [-0.25, -0.2) is 17.9 Å². The van der Waals surface area contributed by atoms with Crippen molar-refractivity contribution in [3.63, 3.8) is 0 Å². The molecule has 2 heterocycles. The molecule has 0 bridgehead atoms. The van der Waals surface area contributed by atoms with Gasteiger partial charge in [0, 0.05) is 5.56 Å². The molecule has 12 heteroatoms. The van der Waals surface area contributed by atoms with Gasteiger partial charge in [0.2, 0.25) is 5.95 Å². The molecule has 0 aliphatic heterocycles. The number of ether oxygens (including phenoxy) is 1. The zero-order valence-electron chi connectivity index (χ0n) is 17.6. The number of aromatic amines is 1. The average molecular weight is 531 g/mol. The fraction of sp³-hybridized carbons (Fsp3) is 0.143. The van der Waals surface area contributed by atoms with Crippen molar-refractivity contribution in [1.82, 2.24) is 25.0 Å². The maximum absolute atomic E-state index is 12.9. The van der Waals surface area contributed by atoms with E-state index in [-0.39, 0.29) is 29.1 Å². The van der Waals surface area contributed by atoms with Crippen LogP contribution in [0.4, 0.5) is 5.95 Å². The number of esters is 1. The first-order valence-electron chi connectivity index (χ1n) is 9.83. The van der Waals surface area contributed by atoms with E-state index in [1.165, 1.54) is 12.1 Å². The number of rotatable bonds is 7. The molecule has 170 valence electrons. The Morgan fingerprint density at radius 1 is 1.15 bits per heavy atom. The summed E-state index contributed by atoms with van der Waals surface area (Å²) in [5, 5.41) is 11.3. The molecule has 2 aromatic heterocycles. The van der Waals surface area contributed by atoms with Gasteiger partial charge in [-0.15, -0.1) is 5.10 Å². The van der Waals surface area contributed by atoms with Gasteiger partial charge in [-0.05, 0) is 41.9 Å². The van der Waals surface area contributed by atoms with Gasteiger partial charge in [0.15, 0.2) is 5.82 Å². The summed E-state index contributed by atoms with van der Waals surface area (Å²) < 4.78 is 34.8. The van der Waals surface area contributed by atoms with Gasteiger partial charge >= 0.3 is 5.97 Å². The van der Waals surface area contributed by atoms with E-state index >= 15 is 0 Å². The summed E-state index contributed by atoms with van der Waals surface area (Å²) in [5.41, 5.74) is 2.60. The Hall–Kier alpha value is -3.51. The number of hydrogen-bond donors (Lipinski definition) is 2. The van der Waals surface area contributed by atoms with E-state index in [1.807, 2.05) is 31.2 Å². The lowest BCUT2D eigenvalue weighted by atomic mass is 10.1. The lowest BCUT2D eigenvalue weighted by Crippen LogP contribution is -2.16. The van der Waals surface area contributed by atoms with E-state index in [2.05, 4.69) is 40.9 Å². The molecule has 0 radical (unpaired) electrons. The summed E-state index contributed by atoms with van der Waals surface area (Å²) in [4.78, 5) is 16.3. The number of carbonyl (C=O) groups excluding carboxylic acids is 1. The van der Waals surface area contributed by atoms with Crippen LogP contribution in [0.3, 0.4) is 0 Å². The number of aryl methyl sites for hydroxylation is 1. The van der Waals surface area contributed by atoms with Gasteiger partial charge < -0.3 is 4.74 Å². The first-order chi connectivity index (χ1) is 15.8. The molecule has 0 aliphatic rings. The third kappa shape index (κ3) is 4.66. The molecule has 0 unspecified atom stereocenters. The molecule has 10 nitrogen and oxygen atoms in total. The smallest absolute Gasteiger partial charge is 0.378 e. The zero-order chi connectivity index (χ0) is 23.6. The Balaban J connectivity index is 1.79. The van der Waals surface area contributed by atoms with Crippen molar-refractivity contribution in [3.8, 4) is 17.1 Å². The van der Waals surface area contributed by atoms with Gasteiger partial charge in [-0.3, -0.25) is 5.10 Å². The van der Waals surface area contributed by atoms with E-state index in [4.69, 9.17) is 4.74 Å². The Morgan fingerprint density at radius 2 is 1.85 bits per heavy atom. The molecule has 33 heavy (non-hydrogen) atoms. The second-order valence-corrected chi connectivity index (χ2v) is 9.39. The summed E-state index contributed by atoms with van der Waals surface area (Å²) in [5.74, 6) is -1.11. The van der Waals surface area contributed by atoms with Crippen molar-refractivity contribution >= 4 is 37.9 Å². The normalized spacial score (nSPS) is 11.4. The van der Waals surface area contributed by atoms with E-state index in [0.717, 1.165) is 15.8 Å². The summed E-state index contributed by atoms with van der Waals surface area (Å²) in [6, 6.07) is 15.5. The van der Waals surface area contributed by atoms with Gasteiger partial charge in [0.1, 0.15) is 0 Å². The highest BCUT2D eigenvalue weighted by molar-refractivity contribution is 9.10. The van der Waals surface area contributed by atoms with Crippen molar-refractivity contribution in [2.75, 3.05) is 11.3 Å². The Labute approximate surface area is 198 Å². The predicted octanol–water partition coefficient (Wildman–Crippen LogP) is 3.71. The third-order valence-corrected chi connectivity index (χ3v) is 6.67. The molecule has 4 aromatic rings. The highest BCUT2D eigenvalue weighted by Crippen LogP contribution is 2.32. The van der Waals surface area contributed by atoms with Crippen LogP contribution in [0.2, 0.25) is 0 Å². The molecule has 0 saturated carbocycles. The molecule has 2 N–H and O–H groups in total. The van der Waals surface area contributed by atoms with Crippen LogP contribution in [-0.2, 0) is 14.8 Å². The van der Waals surface area contributed by atoms with Crippen LogP contribution in [0.25, 0.3) is 17.1 Å². The summed E-state index contributed by atoms with van der Waals surface area (Å²) >= 11 is 3.50. The lowest BCUT2D eigenvalue weighted by molar-refractivity contribution is 0.0512. The number of halogens is 1. The highest BCUT2D eigenvalue weighted by Gasteiger charge is 2.26. The number of benzene rings is 2. The first kappa shape index (κ1) is 22.7. The molecule has 4 rings (SSSR count). The third-order valence-electron chi connectivity index (χ3n) is 4.57. The van der Waals surface area contributed by atoms with Crippen LogP contribution in [0.15, 0.2) is 64.0 Å². The second kappa shape index (κ2) is 9.16. The Bertz CT molecular complexity index is 1400. The molecule has 0 amide bonds. The summed E-state index contributed by atoms with van der Waals surface area (Å²) in [6.45, 7) is 3.74. The zero-order valence-corrected chi connectivity index (χ0v) is 20.0. The molecule has 2 aromatic carbocycles. The minimum atomic E-state index is -4.01. The summed E-state index contributed by atoms with van der Waals surface area (Å²) in [7, 11) is -4.01. The van der Waals surface area contributed by atoms with Gasteiger partial charge in [-0.1, -0.05) is 48.0 Å². The molecular weight excluding hydrogens is 512 g/mol. The number of H-pyrrole nitrogens is 1. The largest absolute Gasteiger partial charge is 0.460 e. The number of sulfonamides is 1. The molecule has 0 aliphatic carbocycles. The number of anilines is 1. The second-order valence-electron chi connectivity index (χ2n) is 6.91. The standard InChI is InChI=1S/C21H19BrN6O4S/c1-3-32-20(29)18-23-21(27-33(30,31)15-7-5-4-6-8-15)28(26-18)19-16(22)17(24-25-19)14-11-9-13(2)10-12-14/h4-12H,3H2,1-2H3,(H,24,25)(H,23,26,27). The number of hydrogen-bond acceptors (Lipinski definition) is 7. The van der Waals surface area contributed by atoms with E-state index in [0.29, 0.717) is 10.2 Å². The maximum atomic E-state index is 12.9. The molecule has 0 saturated heterocycles. The topological polar surface area (TPSA) is 132 Å². The Kier molecular flexibility index (Phi) is 6.29. The minimum absolute atomic E-state index is 0.0265. The Morgan fingerprint density at radius 3 is 2.52 bits per heavy atom. The monoisotopic (exact) mass is 530 g/mol. The highest BCUT2D eigenvalue weighted by atomic mass is 79.9. The fourth-order valence-corrected chi connectivity index (χ4v) is 4.54. The number of nitrogens with one attached hydrogen (secondary N) is 2. The molecule has 0 spiro atoms. The number of carbonyl (C=O) groups is 1. The van der Waals surface area contributed by atoms with Crippen molar-refractivity contribution in [3.05, 3.63) is 70.5 Å². The first-order valence-corrected chi connectivity index (χ1v) is 12.1. The van der Waals surface area contributed by atoms with Crippen LogP contribution in [0.1, 0.15) is 23.1 Å². The van der Waals surface area contributed by atoms with Crippen LogP contribution < -0.4 is 4.72 Å². The van der Waals surface area contributed by atoms with Gasteiger partial charge in [0.25, 0.3) is 15.8 Å². The van der Waals surface area contributed by atoms with Crippen LogP contribution in [-0.4, -0.2) is 46.0 Å². The number of nitrogens with zero attached hydrogens (tertiary/aromatic N) is 4. The molecule has 0 fully saturated rings. The van der Waals surface area contributed by atoms with E-state index < -0.39 is 16.0 Å². The van der Waals surface area contributed by atoms with E-state index in [9.17, 15) is 13.2 Å². The van der Waals surface area contributed by atoms with Crippen molar-refractivity contribution < 1.29 is 17.9 Å². The lowest BCUT2D eigenvalue weighted by Gasteiger charge is -2.08. The average Bonchev–Trinajstić information content (AvgIpc) is 3.38. The summed E-state index contributed by atoms with van der Waals surface area (Å²) in [6.07, 6.45) is 0. The predicted molar refractivity (Wildman–Crippen MR) is 125 cm³/mol. The molecule has 0 atom stereocenters. The minimum Gasteiger partial charge on any atom is -0.460 e. The van der Waals surface area contributed by atoms with Crippen LogP contribution in [0, 0.1) is 6.92 Å². The quantitative estimate of drug-likeness (QED) is 0.348. The maximum Gasteiger partial charge on any atom is 0.378 e. The van der Waals surface area contributed by atoms with Crippen LogP contribution >= 0.6 is 15.9 Å². The molecular formula is C21H19BrN6O4S. The van der Waals surface area contributed by atoms with Crippen molar-refractivity contribution in [1.29, 1.82) is 0 Å². The van der Waals surface area contributed by atoms with Gasteiger partial charge in [0.05, 0.1) is 21.7 Å². The van der Waals surface area contributed by atoms with Gasteiger partial charge in [-0.2, -0.15) is 14.8 Å². The number of aromatic nitrogens is 5. The SMILES string of the molecule is CCOC(=O)c1nc(NS(=O)(=O)c2ccccc2)n(-c2n[nH]c(-c3ccc(C)cc3)c2Br)n1. The fourth-order valence-electron chi connectivity index (χ4n) is 2.96. The van der Waals surface area contributed by atoms with Crippen molar-refractivity contribution in [2.45, 2.75) is 18.7 Å². The van der Waals surface area contributed by atoms with E-state index in [1.54, 1.807) is 25.1 Å². The van der Waals surface area contributed by atoms with Crippen LogP contribution in [0.5, 0.6) is 0 Å².